The summed E-state index contributed by atoms with van der Waals surface area (Å²) >= 11 is 0. The first-order valence-electron chi connectivity index (χ1n) is 8.28. The minimum absolute atomic E-state index is 0.0943. The fourth-order valence-corrected chi connectivity index (χ4v) is 2.83. The molecule has 4 nitrogen and oxygen atoms in total. The summed E-state index contributed by atoms with van der Waals surface area (Å²) in [7, 11) is 1.61. The van der Waals surface area contributed by atoms with Crippen LogP contribution in [0.1, 0.15) is 38.5 Å². The second-order valence-electron chi connectivity index (χ2n) is 5.76. The molecule has 4 heteroatoms. The van der Waals surface area contributed by atoms with Crippen LogP contribution in [0.25, 0.3) is 0 Å². The molecule has 0 bridgehead atoms. The molecule has 1 aliphatic rings. The quantitative estimate of drug-likeness (QED) is 0.786. The van der Waals surface area contributed by atoms with Gasteiger partial charge in [-0.2, -0.15) is 0 Å². The molecule has 1 aliphatic carbocycles. The molecule has 0 radical (unpaired) electrons. The van der Waals surface area contributed by atoms with Crippen molar-refractivity contribution in [1.82, 2.24) is 5.32 Å². The van der Waals surface area contributed by atoms with Gasteiger partial charge in [-0.05, 0) is 24.5 Å². The molecule has 1 fully saturated rings. The van der Waals surface area contributed by atoms with Gasteiger partial charge in [0, 0.05) is 6.42 Å². The zero-order valence-corrected chi connectivity index (χ0v) is 13.8. The normalized spacial score (nSPS) is 14.0. The van der Waals surface area contributed by atoms with E-state index in [-0.39, 0.29) is 12.5 Å². The number of para-hydroxylation sites is 2. The number of carbonyl (C=O) groups is 1. The second-order valence-corrected chi connectivity index (χ2v) is 5.76. The molecule has 0 atom stereocenters. The molecule has 2 rings (SSSR count). The molecule has 0 spiro atoms. The Hall–Kier alpha value is -2.15. The SMILES string of the molecule is COc1ccccc1OCC#CCNC(=O)CCC1CCCC1. The van der Waals surface area contributed by atoms with Crippen molar-refractivity contribution in [2.45, 2.75) is 38.5 Å². The molecule has 1 N–H and O–H groups in total. The molecule has 1 amide bonds. The Kier molecular flexibility index (Phi) is 7.32. The molecule has 23 heavy (non-hydrogen) atoms. The van der Waals surface area contributed by atoms with Crippen molar-refractivity contribution >= 4 is 5.91 Å². The van der Waals surface area contributed by atoms with E-state index in [1.54, 1.807) is 7.11 Å². The van der Waals surface area contributed by atoms with E-state index in [9.17, 15) is 4.79 Å². The number of carbonyl (C=O) groups excluding carboxylic acids is 1. The summed E-state index contributed by atoms with van der Waals surface area (Å²) in [4.78, 5) is 11.7. The minimum Gasteiger partial charge on any atom is -0.493 e. The van der Waals surface area contributed by atoms with Crippen LogP contribution in [0.5, 0.6) is 11.5 Å². The molecule has 124 valence electrons. The van der Waals surface area contributed by atoms with Crippen LogP contribution >= 0.6 is 0 Å². The monoisotopic (exact) mass is 315 g/mol. The van der Waals surface area contributed by atoms with E-state index in [1.165, 1.54) is 25.7 Å². The van der Waals surface area contributed by atoms with Crippen molar-refractivity contribution in [3.63, 3.8) is 0 Å². The first-order chi connectivity index (χ1) is 11.3. The number of amides is 1. The maximum atomic E-state index is 11.7. The van der Waals surface area contributed by atoms with Crippen LogP contribution in [0.15, 0.2) is 24.3 Å². The molecule has 0 unspecified atom stereocenters. The van der Waals surface area contributed by atoms with Gasteiger partial charge in [-0.3, -0.25) is 4.79 Å². The average molecular weight is 315 g/mol. The number of hydrogen-bond donors (Lipinski definition) is 1. The van der Waals surface area contributed by atoms with Crippen LogP contribution in [-0.2, 0) is 4.79 Å². The maximum Gasteiger partial charge on any atom is 0.220 e. The van der Waals surface area contributed by atoms with Crippen LogP contribution < -0.4 is 14.8 Å². The standard InChI is InChI=1S/C19H25NO3/c1-22-17-10-4-5-11-18(17)23-15-7-6-14-20-19(21)13-12-16-8-2-3-9-16/h4-5,10-11,16H,2-3,8-9,12-15H2,1H3,(H,20,21). The van der Waals surface area contributed by atoms with Gasteiger partial charge in [-0.25, -0.2) is 0 Å². The first kappa shape index (κ1) is 17.2. The largest absolute Gasteiger partial charge is 0.493 e. The predicted octanol–water partition coefficient (Wildman–Crippen LogP) is 3.16. The molecule has 0 heterocycles. The van der Waals surface area contributed by atoms with Gasteiger partial charge in [0.25, 0.3) is 0 Å². The van der Waals surface area contributed by atoms with Crippen LogP contribution in [-0.4, -0.2) is 26.2 Å². The lowest BCUT2D eigenvalue weighted by molar-refractivity contribution is -0.121. The highest BCUT2D eigenvalue weighted by atomic mass is 16.5. The number of nitrogens with one attached hydrogen (secondary N) is 1. The summed E-state index contributed by atoms with van der Waals surface area (Å²) in [6.45, 7) is 0.650. The van der Waals surface area contributed by atoms with Gasteiger partial charge in [-0.15, -0.1) is 0 Å². The Bertz CT molecular complexity index is 553. The predicted molar refractivity (Wildman–Crippen MR) is 90.5 cm³/mol. The highest BCUT2D eigenvalue weighted by Gasteiger charge is 2.15. The lowest BCUT2D eigenvalue weighted by Crippen LogP contribution is -2.23. The number of benzene rings is 1. The smallest absolute Gasteiger partial charge is 0.220 e. The fourth-order valence-electron chi connectivity index (χ4n) is 2.83. The van der Waals surface area contributed by atoms with Gasteiger partial charge < -0.3 is 14.8 Å². The van der Waals surface area contributed by atoms with E-state index < -0.39 is 0 Å². The minimum atomic E-state index is 0.0943. The van der Waals surface area contributed by atoms with E-state index in [4.69, 9.17) is 9.47 Å². The van der Waals surface area contributed by atoms with E-state index in [2.05, 4.69) is 17.2 Å². The third kappa shape index (κ3) is 6.23. The number of rotatable bonds is 7. The molecular weight excluding hydrogens is 290 g/mol. The molecule has 1 saturated carbocycles. The van der Waals surface area contributed by atoms with E-state index >= 15 is 0 Å². The van der Waals surface area contributed by atoms with Gasteiger partial charge in [0.1, 0.15) is 6.61 Å². The average Bonchev–Trinajstić information content (AvgIpc) is 3.10. The molecule has 0 aliphatic heterocycles. The second kappa shape index (κ2) is 9.78. The third-order valence-electron chi connectivity index (χ3n) is 4.12. The van der Waals surface area contributed by atoms with Gasteiger partial charge >= 0.3 is 0 Å². The van der Waals surface area contributed by atoms with Gasteiger partial charge in [0.05, 0.1) is 13.7 Å². The summed E-state index contributed by atoms with van der Waals surface area (Å²) in [5, 5.41) is 2.84. The maximum absolute atomic E-state index is 11.7. The van der Waals surface area contributed by atoms with Crippen LogP contribution in [0, 0.1) is 17.8 Å². The van der Waals surface area contributed by atoms with Crippen LogP contribution in [0.2, 0.25) is 0 Å². The lowest BCUT2D eigenvalue weighted by atomic mass is 10.0. The van der Waals surface area contributed by atoms with Crippen LogP contribution in [0.3, 0.4) is 0 Å². The van der Waals surface area contributed by atoms with E-state index in [0.717, 1.165) is 12.3 Å². The number of methoxy groups -OCH3 is 1. The highest BCUT2D eigenvalue weighted by Crippen LogP contribution is 2.28. The Morgan fingerprint density at radius 1 is 1.22 bits per heavy atom. The Morgan fingerprint density at radius 3 is 2.70 bits per heavy atom. The van der Waals surface area contributed by atoms with Crippen molar-refractivity contribution in [3.05, 3.63) is 24.3 Å². The Morgan fingerprint density at radius 2 is 1.96 bits per heavy atom. The van der Waals surface area contributed by atoms with Gasteiger partial charge in [-0.1, -0.05) is 49.7 Å². The van der Waals surface area contributed by atoms with Crippen molar-refractivity contribution < 1.29 is 14.3 Å². The zero-order valence-electron chi connectivity index (χ0n) is 13.8. The zero-order chi connectivity index (χ0) is 16.3. The van der Waals surface area contributed by atoms with Crippen molar-refractivity contribution in [3.8, 4) is 23.3 Å². The molecule has 0 aromatic heterocycles. The Labute approximate surface area is 138 Å². The molecular formula is C19H25NO3. The fraction of sp³-hybridized carbons (Fsp3) is 0.526. The van der Waals surface area contributed by atoms with Crippen molar-refractivity contribution in [1.29, 1.82) is 0 Å². The van der Waals surface area contributed by atoms with Gasteiger partial charge in [0.2, 0.25) is 5.91 Å². The molecule has 0 saturated heterocycles. The van der Waals surface area contributed by atoms with Crippen molar-refractivity contribution in [2.24, 2.45) is 5.92 Å². The topological polar surface area (TPSA) is 47.6 Å². The van der Waals surface area contributed by atoms with Crippen molar-refractivity contribution in [2.75, 3.05) is 20.3 Å². The summed E-state index contributed by atoms with van der Waals surface area (Å²) < 4.78 is 10.7. The Balaban J connectivity index is 1.59. The summed E-state index contributed by atoms with van der Waals surface area (Å²) in [6.07, 6.45) is 6.84. The first-order valence-corrected chi connectivity index (χ1v) is 8.28. The summed E-state index contributed by atoms with van der Waals surface area (Å²) in [5.41, 5.74) is 0. The molecule has 1 aromatic rings. The molecule has 1 aromatic carbocycles. The lowest BCUT2D eigenvalue weighted by Gasteiger charge is -2.08. The van der Waals surface area contributed by atoms with E-state index in [1.807, 2.05) is 24.3 Å². The van der Waals surface area contributed by atoms with Gasteiger partial charge in [0.15, 0.2) is 11.5 Å². The summed E-state index contributed by atoms with van der Waals surface area (Å²) in [5.74, 6) is 8.01. The van der Waals surface area contributed by atoms with E-state index in [0.29, 0.717) is 24.5 Å². The third-order valence-corrected chi connectivity index (χ3v) is 4.12. The number of ether oxygens (including phenoxy) is 2. The van der Waals surface area contributed by atoms with Crippen LogP contribution in [0.4, 0.5) is 0 Å². The highest BCUT2D eigenvalue weighted by molar-refractivity contribution is 5.76. The number of hydrogen-bond acceptors (Lipinski definition) is 3. The summed E-state index contributed by atoms with van der Waals surface area (Å²) in [6, 6.07) is 7.45.